The fourth-order valence-corrected chi connectivity index (χ4v) is 1.84. The van der Waals surface area contributed by atoms with Gasteiger partial charge in [0.25, 0.3) is 5.91 Å². The van der Waals surface area contributed by atoms with Crippen LogP contribution in [-0.4, -0.2) is 32.1 Å². The van der Waals surface area contributed by atoms with Crippen molar-refractivity contribution in [1.29, 1.82) is 0 Å². The van der Waals surface area contributed by atoms with Gasteiger partial charge in [0.1, 0.15) is 5.75 Å². The molecule has 21 heavy (non-hydrogen) atoms. The zero-order valence-electron chi connectivity index (χ0n) is 12.8. The minimum atomic E-state index is -0.349. The second-order valence-corrected chi connectivity index (χ2v) is 4.81. The van der Waals surface area contributed by atoms with Gasteiger partial charge in [-0.05, 0) is 24.0 Å². The van der Waals surface area contributed by atoms with E-state index in [1.54, 1.807) is 0 Å². The number of benzene rings is 1. The lowest BCUT2D eigenvalue weighted by molar-refractivity contribution is -0.140. The van der Waals surface area contributed by atoms with Crippen LogP contribution in [-0.2, 0) is 14.3 Å². The van der Waals surface area contributed by atoms with E-state index in [4.69, 9.17) is 4.74 Å². The second kappa shape index (κ2) is 9.00. The minimum absolute atomic E-state index is 0.0609. The molecule has 0 saturated heterocycles. The monoisotopic (exact) mass is 293 g/mol. The molecule has 1 atom stereocenters. The maximum Gasteiger partial charge on any atom is 0.307 e. The van der Waals surface area contributed by atoms with Crippen molar-refractivity contribution in [2.45, 2.75) is 32.6 Å². The summed E-state index contributed by atoms with van der Waals surface area (Å²) < 4.78 is 10.1. The average Bonchev–Trinajstić information content (AvgIpc) is 2.52. The van der Waals surface area contributed by atoms with Crippen molar-refractivity contribution in [3.63, 3.8) is 0 Å². The Balaban J connectivity index is 2.44. The molecule has 1 N–H and O–H groups in total. The SMILES string of the molecule is CCC(C)c1ccccc1OCC(=O)NCCC(=O)OC. The van der Waals surface area contributed by atoms with E-state index >= 15 is 0 Å². The van der Waals surface area contributed by atoms with Gasteiger partial charge in [-0.2, -0.15) is 0 Å². The predicted octanol–water partition coefficient (Wildman–Crippen LogP) is 2.26. The van der Waals surface area contributed by atoms with Crippen molar-refractivity contribution < 1.29 is 19.1 Å². The first-order valence-corrected chi connectivity index (χ1v) is 7.13. The first-order valence-electron chi connectivity index (χ1n) is 7.13. The second-order valence-electron chi connectivity index (χ2n) is 4.81. The van der Waals surface area contributed by atoms with E-state index in [2.05, 4.69) is 23.9 Å². The zero-order chi connectivity index (χ0) is 15.7. The summed E-state index contributed by atoms with van der Waals surface area (Å²) in [5, 5.41) is 2.62. The highest BCUT2D eigenvalue weighted by molar-refractivity contribution is 5.78. The van der Waals surface area contributed by atoms with Crippen molar-refractivity contribution in [2.24, 2.45) is 0 Å². The number of carbonyl (C=O) groups excluding carboxylic acids is 2. The van der Waals surface area contributed by atoms with E-state index in [0.717, 1.165) is 17.7 Å². The third kappa shape index (κ3) is 5.85. The van der Waals surface area contributed by atoms with Gasteiger partial charge < -0.3 is 14.8 Å². The molecule has 5 heteroatoms. The van der Waals surface area contributed by atoms with E-state index < -0.39 is 0 Å². The Hall–Kier alpha value is -2.04. The highest BCUT2D eigenvalue weighted by Crippen LogP contribution is 2.28. The van der Waals surface area contributed by atoms with Crippen molar-refractivity contribution >= 4 is 11.9 Å². The molecule has 116 valence electrons. The lowest BCUT2D eigenvalue weighted by atomic mass is 9.98. The molecule has 0 aromatic heterocycles. The minimum Gasteiger partial charge on any atom is -0.483 e. The molecule has 1 amide bonds. The van der Waals surface area contributed by atoms with Crippen LogP contribution in [0.3, 0.4) is 0 Å². The first-order chi connectivity index (χ1) is 10.1. The highest BCUT2D eigenvalue weighted by Gasteiger charge is 2.11. The highest BCUT2D eigenvalue weighted by atomic mass is 16.5. The Labute approximate surface area is 125 Å². The third-order valence-corrected chi connectivity index (χ3v) is 3.30. The molecule has 0 aliphatic heterocycles. The molecule has 0 spiro atoms. The lowest BCUT2D eigenvalue weighted by Gasteiger charge is -2.15. The van der Waals surface area contributed by atoms with Gasteiger partial charge in [-0.25, -0.2) is 0 Å². The van der Waals surface area contributed by atoms with E-state index in [1.807, 2.05) is 24.3 Å². The van der Waals surface area contributed by atoms with Gasteiger partial charge in [0.05, 0.1) is 13.5 Å². The molecule has 0 radical (unpaired) electrons. The van der Waals surface area contributed by atoms with Crippen LogP contribution < -0.4 is 10.1 Å². The summed E-state index contributed by atoms with van der Waals surface area (Å²) in [4.78, 5) is 22.6. The molecule has 0 aliphatic rings. The van der Waals surface area contributed by atoms with Crippen LogP contribution in [0.15, 0.2) is 24.3 Å². The Kier molecular flexibility index (Phi) is 7.29. The Morgan fingerprint density at radius 1 is 1.29 bits per heavy atom. The number of carbonyl (C=O) groups is 2. The van der Waals surface area contributed by atoms with Gasteiger partial charge in [0.15, 0.2) is 6.61 Å². The Morgan fingerprint density at radius 2 is 2.00 bits per heavy atom. The molecule has 0 fully saturated rings. The number of para-hydroxylation sites is 1. The van der Waals surface area contributed by atoms with Gasteiger partial charge in [0, 0.05) is 6.54 Å². The molecule has 0 saturated carbocycles. The molecular weight excluding hydrogens is 270 g/mol. The fraction of sp³-hybridized carbons (Fsp3) is 0.500. The fourth-order valence-electron chi connectivity index (χ4n) is 1.84. The molecule has 5 nitrogen and oxygen atoms in total. The van der Waals surface area contributed by atoms with Crippen LogP contribution in [0.25, 0.3) is 0 Å². The number of hydrogen-bond donors (Lipinski definition) is 1. The number of nitrogens with one attached hydrogen (secondary N) is 1. The number of hydrogen-bond acceptors (Lipinski definition) is 4. The van der Waals surface area contributed by atoms with Crippen LogP contribution >= 0.6 is 0 Å². The summed E-state index contributed by atoms with van der Waals surface area (Å²) in [6.07, 6.45) is 1.16. The van der Waals surface area contributed by atoms with Gasteiger partial charge in [-0.15, -0.1) is 0 Å². The number of ether oxygens (including phenoxy) is 2. The summed E-state index contributed by atoms with van der Waals surface area (Å²) in [6.45, 7) is 4.43. The number of esters is 1. The van der Waals surface area contributed by atoms with E-state index in [9.17, 15) is 9.59 Å². The summed E-state index contributed by atoms with van der Waals surface area (Å²) in [6, 6.07) is 7.73. The largest absolute Gasteiger partial charge is 0.483 e. The zero-order valence-corrected chi connectivity index (χ0v) is 12.8. The normalized spacial score (nSPS) is 11.6. The summed E-state index contributed by atoms with van der Waals surface area (Å²) in [5.41, 5.74) is 1.10. The number of rotatable bonds is 8. The van der Waals surface area contributed by atoms with Gasteiger partial charge in [0.2, 0.25) is 0 Å². The Bertz CT molecular complexity index is 473. The van der Waals surface area contributed by atoms with Crippen LogP contribution in [0, 0.1) is 0 Å². The van der Waals surface area contributed by atoms with Crippen LogP contribution in [0.4, 0.5) is 0 Å². The van der Waals surface area contributed by atoms with E-state index in [1.165, 1.54) is 7.11 Å². The predicted molar refractivity (Wildman–Crippen MR) is 80.3 cm³/mol. The summed E-state index contributed by atoms with van der Waals surface area (Å²) in [5.74, 6) is 0.509. The van der Waals surface area contributed by atoms with E-state index in [-0.39, 0.29) is 31.4 Å². The van der Waals surface area contributed by atoms with Gasteiger partial charge in [-0.3, -0.25) is 9.59 Å². The van der Waals surface area contributed by atoms with Crippen LogP contribution in [0.1, 0.15) is 38.2 Å². The molecule has 1 aromatic rings. The number of amides is 1. The lowest BCUT2D eigenvalue weighted by Crippen LogP contribution is -2.31. The topological polar surface area (TPSA) is 64.6 Å². The molecule has 0 heterocycles. The molecular formula is C16H23NO4. The molecule has 1 rings (SSSR count). The molecule has 1 unspecified atom stereocenters. The smallest absolute Gasteiger partial charge is 0.307 e. The van der Waals surface area contributed by atoms with Crippen molar-refractivity contribution in [3.8, 4) is 5.75 Å². The van der Waals surface area contributed by atoms with Crippen LogP contribution in [0.5, 0.6) is 5.75 Å². The quantitative estimate of drug-likeness (QED) is 0.747. The standard InChI is InChI=1S/C16H23NO4/c1-4-12(2)13-7-5-6-8-14(13)21-11-15(18)17-10-9-16(19)20-3/h5-8,12H,4,9-11H2,1-3H3,(H,17,18). The average molecular weight is 293 g/mol. The van der Waals surface area contributed by atoms with Crippen LogP contribution in [0.2, 0.25) is 0 Å². The summed E-state index contributed by atoms with van der Waals surface area (Å²) >= 11 is 0. The van der Waals surface area contributed by atoms with Crippen molar-refractivity contribution in [3.05, 3.63) is 29.8 Å². The molecule has 1 aromatic carbocycles. The van der Waals surface area contributed by atoms with Crippen molar-refractivity contribution in [1.82, 2.24) is 5.32 Å². The first kappa shape index (κ1) is 17.0. The molecule has 0 aliphatic carbocycles. The third-order valence-electron chi connectivity index (χ3n) is 3.30. The Morgan fingerprint density at radius 3 is 2.67 bits per heavy atom. The van der Waals surface area contributed by atoms with Gasteiger partial charge in [-0.1, -0.05) is 32.0 Å². The maximum absolute atomic E-state index is 11.6. The van der Waals surface area contributed by atoms with Crippen molar-refractivity contribution in [2.75, 3.05) is 20.3 Å². The summed E-state index contributed by atoms with van der Waals surface area (Å²) in [7, 11) is 1.32. The number of methoxy groups -OCH3 is 1. The maximum atomic E-state index is 11.6. The molecule has 0 bridgehead atoms. The van der Waals surface area contributed by atoms with Gasteiger partial charge >= 0.3 is 5.97 Å². The van der Waals surface area contributed by atoms with E-state index in [0.29, 0.717) is 5.92 Å².